The van der Waals surface area contributed by atoms with Crippen LogP contribution in [0.25, 0.3) is 0 Å². The molecule has 0 aliphatic heterocycles. The molecule has 0 spiro atoms. The Morgan fingerprint density at radius 3 is 2.35 bits per heavy atom. The van der Waals surface area contributed by atoms with Crippen molar-refractivity contribution in [3.8, 4) is 0 Å². The zero-order valence-electron chi connectivity index (χ0n) is 11.6. The van der Waals surface area contributed by atoms with E-state index in [0.29, 0.717) is 10.6 Å². The molecule has 0 fully saturated rings. The van der Waals surface area contributed by atoms with Crippen LogP contribution in [0.2, 0.25) is 10.0 Å². The number of benzene rings is 2. The van der Waals surface area contributed by atoms with Gasteiger partial charge < -0.3 is 5.32 Å². The van der Waals surface area contributed by atoms with Crippen LogP contribution in [0.5, 0.6) is 0 Å². The second-order valence-corrected chi connectivity index (χ2v) is 5.61. The van der Waals surface area contributed by atoms with Crippen LogP contribution < -0.4 is 5.32 Å². The van der Waals surface area contributed by atoms with Gasteiger partial charge in [0.05, 0.1) is 11.1 Å². The van der Waals surface area contributed by atoms with Gasteiger partial charge in [0, 0.05) is 5.02 Å². The minimum Gasteiger partial charge on any atom is -0.309 e. The molecule has 0 heterocycles. The highest BCUT2D eigenvalue weighted by molar-refractivity contribution is 6.32. The fourth-order valence-corrected chi connectivity index (χ4v) is 2.81. The highest BCUT2D eigenvalue weighted by Crippen LogP contribution is 2.34. The van der Waals surface area contributed by atoms with Crippen LogP contribution in [-0.2, 0) is 0 Å². The maximum atomic E-state index is 13.6. The first kappa shape index (κ1) is 15.3. The molecule has 0 radical (unpaired) electrons. The Kier molecular flexibility index (Phi) is 4.69. The molecule has 0 saturated carbocycles. The van der Waals surface area contributed by atoms with Crippen molar-refractivity contribution >= 4 is 23.2 Å². The summed E-state index contributed by atoms with van der Waals surface area (Å²) >= 11 is 12.4. The average molecular weight is 312 g/mol. The van der Waals surface area contributed by atoms with Crippen molar-refractivity contribution < 1.29 is 4.39 Å². The van der Waals surface area contributed by atoms with Gasteiger partial charge in [0.2, 0.25) is 0 Å². The van der Waals surface area contributed by atoms with Crippen molar-refractivity contribution in [3.05, 3.63) is 68.4 Å². The van der Waals surface area contributed by atoms with Gasteiger partial charge in [-0.15, -0.1) is 0 Å². The van der Waals surface area contributed by atoms with Gasteiger partial charge in [-0.05, 0) is 55.3 Å². The topological polar surface area (TPSA) is 12.0 Å². The van der Waals surface area contributed by atoms with Crippen molar-refractivity contribution in [1.29, 1.82) is 0 Å². The van der Waals surface area contributed by atoms with Gasteiger partial charge in [-0.1, -0.05) is 41.4 Å². The third-order valence-electron chi connectivity index (χ3n) is 3.51. The molecule has 4 heteroatoms. The van der Waals surface area contributed by atoms with Crippen LogP contribution in [-0.4, -0.2) is 7.05 Å². The van der Waals surface area contributed by atoms with Gasteiger partial charge in [-0.25, -0.2) is 4.39 Å². The van der Waals surface area contributed by atoms with E-state index in [-0.39, 0.29) is 11.1 Å². The molecule has 0 amide bonds. The predicted molar refractivity (Wildman–Crippen MR) is 83.2 cm³/mol. The lowest BCUT2D eigenvalue weighted by molar-refractivity contribution is 0.617. The van der Waals surface area contributed by atoms with E-state index in [4.69, 9.17) is 23.2 Å². The Bertz CT molecular complexity index is 641. The van der Waals surface area contributed by atoms with Crippen LogP contribution >= 0.6 is 23.2 Å². The normalized spacial score (nSPS) is 12.5. The van der Waals surface area contributed by atoms with Gasteiger partial charge in [-0.3, -0.25) is 0 Å². The Morgan fingerprint density at radius 2 is 1.70 bits per heavy atom. The Hall–Kier alpha value is -1.09. The number of hydrogen-bond acceptors (Lipinski definition) is 1. The summed E-state index contributed by atoms with van der Waals surface area (Å²) in [7, 11) is 1.80. The third-order valence-corrected chi connectivity index (χ3v) is 4.23. The first-order valence-corrected chi connectivity index (χ1v) is 7.09. The van der Waals surface area contributed by atoms with E-state index in [0.717, 1.165) is 16.7 Å². The molecule has 0 bridgehead atoms. The smallest absolute Gasteiger partial charge is 0.142 e. The lowest BCUT2D eigenvalue weighted by atomic mass is 9.95. The van der Waals surface area contributed by atoms with Gasteiger partial charge in [0.25, 0.3) is 0 Å². The minimum absolute atomic E-state index is 0.126. The molecule has 20 heavy (non-hydrogen) atoms. The summed E-state index contributed by atoms with van der Waals surface area (Å²) in [5.41, 5.74) is 3.83. The molecular weight excluding hydrogens is 296 g/mol. The highest BCUT2D eigenvalue weighted by atomic mass is 35.5. The third kappa shape index (κ3) is 2.83. The van der Waals surface area contributed by atoms with Crippen LogP contribution in [0, 0.1) is 19.7 Å². The largest absolute Gasteiger partial charge is 0.309 e. The molecule has 1 atom stereocenters. The Balaban J connectivity index is 2.58. The second-order valence-electron chi connectivity index (χ2n) is 4.82. The summed E-state index contributed by atoms with van der Waals surface area (Å²) in [5.74, 6) is -0.427. The van der Waals surface area contributed by atoms with Crippen molar-refractivity contribution in [2.75, 3.05) is 7.05 Å². The molecule has 1 unspecified atom stereocenters. The summed E-state index contributed by atoms with van der Waals surface area (Å²) in [4.78, 5) is 0. The average Bonchev–Trinajstić information content (AvgIpc) is 2.41. The van der Waals surface area contributed by atoms with Gasteiger partial charge in [0.15, 0.2) is 0 Å². The molecule has 1 N–H and O–H groups in total. The summed E-state index contributed by atoms with van der Waals surface area (Å²) in [5, 5.41) is 3.93. The molecule has 2 aromatic carbocycles. The van der Waals surface area contributed by atoms with Crippen LogP contribution in [0.3, 0.4) is 0 Å². The van der Waals surface area contributed by atoms with E-state index in [1.54, 1.807) is 19.2 Å². The molecule has 2 rings (SSSR count). The van der Waals surface area contributed by atoms with Gasteiger partial charge in [0.1, 0.15) is 5.82 Å². The Labute approximate surface area is 128 Å². The zero-order valence-corrected chi connectivity index (χ0v) is 13.1. The molecule has 0 aliphatic rings. The first-order valence-electron chi connectivity index (χ1n) is 6.33. The summed E-state index contributed by atoms with van der Waals surface area (Å²) in [6.07, 6.45) is 0. The molecular formula is C16H16Cl2FN. The minimum atomic E-state index is -0.427. The monoisotopic (exact) mass is 311 g/mol. The van der Waals surface area contributed by atoms with Gasteiger partial charge in [-0.2, -0.15) is 0 Å². The van der Waals surface area contributed by atoms with E-state index < -0.39 is 5.82 Å². The van der Waals surface area contributed by atoms with E-state index in [1.807, 2.05) is 26.0 Å². The maximum Gasteiger partial charge on any atom is 0.142 e. The molecule has 0 aliphatic carbocycles. The fourth-order valence-electron chi connectivity index (χ4n) is 2.25. The summed E-state index contributed by atoms with van der Waals surface area (Å²) in [6, 6.07) is 8.49. The van der Waals surface area contributed by atoms with E-state index in [2.05, 4.69) is 5.32 Å². The summed E-state index contributed by atoms with van der Waals surface area (Å²) in [6.45, 7) is 4.03. The van der Waals surface area contributed by atoms with Gasteiger partial charge >= 0.3 is 0 Å². The highest BCUT2D eigenvalue weighted by Gasteiger charge is 2.20. The lowest BCUT2D eigenvalue weighted by Crippen LogP contribution is -2.19. The molecule has 0 saturated heterocycles. The SMILES string of the molecule is CNC(c1cc(C)c(C)cc1Cl)c1cccc(F)c1Cl. The number of aryl methyl sites for hydroxylation is 2. The number of rotatable bonds is 3. The zero-order chi connectivity index (χ0) is 14.9. The van der Waals surface area contributed by atoms with Crippen molar-refractivity contribution in [2.24, 2.45) is 0 Å². The number of halogens is 3. The quantitative estimate of drug-likeness (QED) is 0.835. The summed E-state index contributed by atoms with van der Waals surface area (Å²) < 4.78 is 13.6. The first-order chi connectivity index (χ1) is 9.45. The second kappa shape index (κ2) is 6.13. The molecule has 1 nitrogen and oxygen atoms in total. The Morgan fingerprint density at radius 1 is 1.05 bits per heavy atom. The standard InChI is InChI=1S/C16H16Cl2FN/c1-9-7-12(13(17)8-10(9)2)16(20-3)11-5-4-6-14(19)15(11)18/h4-8,16,20H,1-3H3. The van der Waals surface area contributed by atoms with Crippen molar-refractivity contribution in [2.45, 2.75) is 19.9 Å². The number of nitrogens with one attached hydrogen (secondary N) is 1. The lowest BCUT2D eigenvalue weighted by Gasteiger charge is -2.21. The maximum absolute atomic E-state index is 13.6. The van der Waals surface area contributed by atoms with Crippen LogP contribution in [0.15, 0.2) is 30.3 Å². The fraction of sp³-hybridized carbons (Fsp3) is 0.250. The number of hydrogen-bond donors (Lipinski definition) is 1. The predicted octanol–water partition coefficient (Wildman–Crippen LogP) is 5.06. The van der Waals surface area contributed by atoms with Crippen molar-refractivity contribution in [3.63, 3.8) is 0 Å². The molecule has 106 valence electrons. The molecule has 2 aromatic rings. The van der Waals surface area contributed by atoms with E-state index >= 15 is 0 Å². The molecule has 0 aromatic heterocycles. The van der Waals surface area contributed by atoms with Crippen LogP contribution in [0.1, 0.15) is 28.3 Å². The van der Waals surface area contributed by atoms with Crippen LogP contribution in [0.4, 0.5) is 4.39 Å². The van der Waals surface area contributed by atoms with Crippen molar-refractivity contribution in [1.82, 2.24) is 5.32 Å². The van der Waals surface area contributed by atoms with E-state index in [1.165, 1.54) is 6.07 Å². The van der Waals surface area contributed by atoms with E-state index in [9.17, 15) is 4.39 Å².